The molecule has 2 aromatic heterocycles. The second kappa shape index (κ2) is 11.9. The molecule has 39 heavy (non-hydrogen) atoms. The highest BCUT2D eigenvalue weighted by atomic mass is 16.5. The molecule has 8 nitrogen and oxygen atoms in total. The summed E-state index contributed by atoms with van der Waals surface area (Å²) < 4.78 is 19.5. The molecule has 0 amide bonds. The van der Waals surface area contributed by atoms with Crippen molar-refractivity contribution in [2.24, 2.45) is 0 Å². The predicted molar refractivity (Wildman–Crippen MR) is 147 cm³/mol. The zero-order valence-electron chi connectivity index (χ0n) is 21.9. The van der Waals surface area contributed by atoms with Crippen molar-refractivity contribution in [1.29, 1.82) is 0 Å². The molecule has 8 heteroatoms. The first-order valence-corrected chi connectivity index (χ1v) is 12.6. The highest BCUT2D eigenvalue weighted by Crippen LogP contribution is 2.42. The van der Waals surface area contributed by atoms with Crippen LogP contribution in [0.15, 0.2) is 103 Å². The van der Waals surface area contributed by atoms with Crippen molar-refractivity contribution in [1.82, 2.24) is 19.7 Å². The molecule has 1 N–H and O–H groups in total. The van der Waals surface area contributed by atoms with E-state index in [1.165, 1.54) is 0 Å². The van der Waals surface area contributed by atoms with E-state index < -0.39 is 5.60 Å². The van der Waals surface area contributed by atoms with Gasteiger partial charge in [-0.15, -0.1) is 0 Å². The van der Waals surface area contributed by atoms with Crippen LogP contribution in [0.2, 0.25) is 0 Å². The Morgan fingerprint density at radius 3 is 1.85 bits per heavy atom. The lowest BCUT2D eigenvalue weighted by molar-refractivity contribution is -0.00517. The van der Waals surface area contributed by atoms with Crippen LogP contribution in [-0.4, -0.2) is 45.7 Å². The van der Waals surface area contributed by atoms with Gasteiger partial charge in [0.2, 0.25) is 0 Å². The van der Waals surface area contributed by atoms with Gasteiger partial charge in [0.25, 0.3) is 0 Å². The molecule has 0 saturated carbocycles. The average molecular weight is 523 g/mol. The van der Waals surface area contributed by atoms with E-state index in [2.05, 4.69) is 22.2 Å². The van der Waals surface area contributed by atoms with Crippen molar-refractivity contribution in [2.45, 2.75) is 18.8 Å². The second-order valence-electron chi connectivity index (χ2n) is 8.83. The number of aliphatic hydroxyl groups excluding tert-OH is 1. The summed E-state index contributed by atoms with van der Waals surface area (Å²) in [5.74, 6) is 2.64. The third-order valence-corrected chi connectivity index (χ3v) is 6.59. The largest absolute Gasteiger partial charge is 0.497 e. The SMILES string of the molecule is COc1ccc(C(OCc2nc(-c3ccncc3)nn2CCO)(c2ccccc2)c2ccc(OC)cc2)cc1. The van der Waals surface area contributed by atoms with Crippen molar-refractivity contribution in [2.75, 3.05) is 20.8 Å². The Morgan fingerprint density at radius 2 is 1.31 bits per heavy atom. The maximum absolute atomic E-state index is 9.72. The van der Waals surface area contributed by atoms with Crippen LogP contribution < -0.4 is 9.47 Å². The first kappa shape index (κ1) is 26.1. The Morgan fingerprint density at radius 1 is 0.744 bits per heavy atom. The van der Waals surface area contributed by atoms with Crippen molar-refractivity contribution < 1.29 is 19.3 Å². The summed E-state index contributed by atoms with van der Waals surface area (Å²) in [6.45, 7) is 0.345. The molecule has 3 aromatic carbocycles. The van der Waals surface area contributed by atoms with Gasteiger partial charge in [0, 0.05) is 18.0 Å². The van der Waals surface area contributed by atoms with Gasteiger partial charge in [-0.1, -0.05) is 54.6 Å². The number of pyridine rings is 1. The smallest absolute Gasteiger partial charge is 0.181 e. The fourth-order valence-corrected chi connectivity index (χ4v) is 4.63. The summed E-state index contributed by atoms with van der Waals surface area (Å²) >= 11 is 0. The minimum atomic E-state index is -0.993. The molecule has 0 saturated heterocycles. The van der Waals surface area contributed by atoms with Gasteiger partial charge in [0.1, 0.15) is 23.7 Å². The lowest BCUT2D eigenvalue weighted by Crippen LogP contribution is -2.33. The van der Waals surface area contributed by atoms with E-state index in [9.17, 15) is 5.11 Å². The highest BCUT2D eigenvalue weighted by molar-refractivity contribution is 5.53. The number of aromatic nitrogens is 4. The summed E-state index contributed by atoms with van der Waals surface area (Å²) in [4.78, 5) is 8.87. The molecule has 0 aliphatic heterocycles. The fraction of sp³-hybridized carbons (Fsp3) is 0.194. The summed E-state index contributed by atoms with van der Waals surface area (Å²) in [6, 6.07) is 29.5. The number of nitrogens with zero attached hydrogens (tertiary/aromatic N) is 4. The molecule has 0 unspecified atom stereocenters. The minimum absolute atomic E-state index is 0.0765. The van der Waals surface area contributed by atoms with Gasteiger partial charge in [-0.3, -0.25) is 4.98 Å². The molecule has 0 spiro atoms. The molecule has 198 valence electrons. The van der Waals surface area contributed by atoms with Gasteiger partial charge in [-0.2, -0.15) is 5.10 Å². The van der Waals surface area contributed by atoms with Crippen molar-refractivity contribution in [3.8, 4) is 22.9 Å². The molecule has 0 fully saturated rings. The second-order valence-corrected chi connectivity index (χ2v) is 8.83. The van der Waals surface area contributed by atoms with Gasteiger partial charge in [0.15, 0.2) is 11.6 Å². The Labute approximate surface area is 227 Å². The first-order valence-electron chi connectivity index (χ1n) is 12.6. The van der Waals surface area contributed by atoms with Crippen LogP contribution in [0, 0.1) is 0 Å². The Kier molecular flexibility index (Phi) is 7.96. The van der Waals surface area contributed by atoms with Crippen LogP contribution in [0.3, 0.4) is 0 Å². The Balaban J connectivity index is 1.64. The zero-order valence-corrected chi connectivity index (χ0v) is 21.9. The van der Waals surface area contributed by atoms with Crippen molar-refractivity contribution in [3.63, 3.8) is 0 Å². The van der Waals surface area contributed by atoms with Gasteiger partial charge in [-0.25, -0.2) is 9.67 Å². The van der Waals surface area contributed by atoms with Crippen LogP contribution in [0.1, 0.15) is 22.5 Å². The van der Waals surface area contributed by atoms with E-state index in [1.807, 2.05) is 78.9 Å². The molecular formula is C31H30N4O4. The van der Waals surface area contributed by atoms with Gasteiger partial charge in [-0.05, 0) is 53.1 Å². The molecule has 5 rings (SSSR count). The number of ether oxygens (including phenoxy) is 3. The summed E-state index contributed by atoms with van der Waals surface area (Å²) in [5.41, 5.74) is 2.63. The molecule has 0 bridgehead atoms. The Bertz CT molecular complexity index is 1420. The first-order chi connectivity index (χ1) is 19.2. The molecule has 5 aromatic rings. The number of hydrogen-bond donors (Lipinski definition) is 1. The third-order valence-electron chi connectivity index (χ3n) is 6.59. The zero-order chi connectivity index (χ0) is 27.1. The van der Waals surface area contributed by atoms with Gasteiger partial charge < -0.3 is 19.3 Å². The molecular weight excluding hydrogens is 492 g/mol. The van der Waals surface area contributed by atoms with E-state index in [-0.39, 0.29) is 13.2 Å². The van der Waals surface area contributed by atoms with Crippen LogP contribution in [0.5, 0.6) is 11.5 Å². The van der Waals surface area contributed by atoms with E-state index in [4.69, 9.17) is 19.2 Å². The maximum Gasteiger partial charge on any atom is 0.181 e. The van der Waals surface area contributed by atoms with E-state index in [1.54, 1.807) is 31.3 Å². The number of hydrogen-bond acceptors (Lipinski definition) is 7. The fourth-order valence-electron chi connectivity index (χ4n) is 4.63. The number of benzene rings is 3. The summed E-state index contributed by atoms with van der Waals surface area (Å²) in [7, 11) is 3.29. The van der Waals surface area contributed by atoms with Crippen molar-refractivity contribution in [3.05, 3.63) is 126 Å². The van der Waals surface area contributed by atoms with Crippen molar-refractivity contribution >= 4 is 0 Å². The van der Waals surface area contributed by atoms with Crippen LogP contribution >= 0.6 is 0 Å². The van der Waals surface area contributed by atoms with Gasteiger partial charge >= 0.3 is 0 Å². The average Bonchev–Trinajstić information content (AvgIpc) is 3.42. The van der Waals surface area contributed by atoms with E-state index in [0.717, 1.165) is 33.8 Å². The normalized spacial score (nSPS) is 11.4. The molecule has 0 aliphatic rings. The van der Waals surface area contributed by atoms with E-state index >= 15 is 0 Å². The molecule has 0 aliphatic carbocycles. The lowest BCUT2D eigenvalue weighted by atomic mass is 9.80. The standard InChI is InChI=1S/C31H30N4O4/c1-37-27-12-8-25(9-13-27)31(24-6-4-3-5-7-24,26-10-14-28(38-2)15-11-26)39-22-29-33-30(34-35(29)20-21-36)23-16-18-32-19-17-23/h3-19,36H,20-22H2,1-2H3. The number of methoxy groups -OCH3 is 2. The van der Waals surface area contributed by atoms with Crippen LogP contribution in [-0.2, 0) is 23.5 Å². The molecule has 2 heterocycles. The maximum atomic E-state index is 9.72. The summed E-state index contributed by atoms with van der Waals surface area (Å²) in [6.07, 6.45) is 3.40. The van der Waals surface area contributed by atoms with Crippen LogP contribution in [0.4, 0.5) is 0 Å². The monoisotopic (exact) mass is 522 g/mol. The number of rotatable bonds is 11. The molecule has 0 radical (unpaired) electrons. The third kappa shape index (κ3) is 5.38. The highest BCUT2D eigenvalue weighted by Gasteiger charge is 2.38. The van der Waals surface area contributed by atoms with Crippen LogP contribution in [0.25, 0.3) is 11.4 Å². The topological polar surface area (TPSA) is 91.5 Å². The molecule has 0 atom stereocenters. The van der Waals surface area contributed by atoms with E-state index in [0.29, 0.717) is 18.2 Å². The number of aliphatic hydroxyl groups is 1. The summed E-state index contributed by atoms with van der Waals surface area (Å²) in [5, 5.41) is 14.4. The van der Waals surface area contributed by atoms with Gasteiger partial charge in [0.05, 0.1) is 27.4 Å². The predicted octanol–water partition coefficient (Wildman–Crippen LogP) is 4.86. The lowest BCUT2D eigenvalue weighted by Gasteiger charge is -2.36. The Hall–Kier alpha value is -4.53. The minimum Gasteiger partial charge on any atom is -0.497 e. The quantitative estimate of drug-likeness (QED) is 0.248.